The summed E-state index contributed by atoms with van der Waals surface area (Å²) in [6.07, 6.45) is 1.82. The second kappa shape index (κ2) is 13.3. The van der Waals surface area contributed by atoms with Crippen molar-refractivity contribution >= 4 is 53.4 Å². The maximum Gasteiger partial charge on any atom is 0.160 e. The third-order valence-electron chi connectivity index (χ3n) is 10.6. The fraction of sp³-hybridized carbons (Fsp3) is 0. The molecule has 4 aromatic heterocycles. The number of pyridine rings is 1. The molecular formula is C51H31N3OS. The van der Waals surface area contributed by atoms with Gasteiger partial charge in [-0.1, -0.05) is 133 Å². The van der Waals surface area contributed by atoms with Gasteiger partial charge in [0.25, 0.3) is 0 Å². The van der Waals surface area contributed by atoms with Crippen LogP contribution in [0.1, 0.15) is 0 Å². The number of fused-ring (bicyclic) bond motifs is 6. The van der Waals surface area contributed by atoms with E-state index >= 15 is 0 Å². The van der Waals surface area contributed by atoms with E-state index in [9.17, 15) is 0 Å². The SMILES string of the molecule is c1ccc(-c2cc(-c3cccc(-c4ccccn4)c3)nc(-c3ccc(-c4ccc(-c5ccc6c(c5)sc5ccccc56)c5c4oc4ccccc45)cc3)n2)cc1. The summed E-state index contributed by atoms with van der Waals surface area (Å²) in [6.45, 7) is 0. The predicted octanol–water partition coefficient (Wildman–Crippen LogP) is 14.1. The quantitative estimate of drug-likeness (QED) is 0.171. The van der Waals surface area contributed by atoms with Crippen LogP contribution < -0.4 is 0 Å². The summed E-state index contributed by atoms with van der Waals surface area (Å²) < 4.78 is 9.29. The maximum atomic E-state index is 6.70. The van der Waals surface area contributed by atoms with E-state index in [4.69, 9.17) is 14.4 Å². The van der Waals surface area contributed by atoms with Gasteiger partial charge in [0.1, 0.15) is 11.2 Å². The lowest BCUT2D eigenvalue weighted by Gasteiger charge is -2.11. The number of hydrogen-bond donors (Lipinski definition) is 0. The molecule has 5 heteroatoms. The number of nitrogens with zero attached hydrogens (tertiary/aromatic N) is 3. The average molecular weight is 734 g/mol. The summed E-state index contributed by atoms with van der Waals surface area (Å²) in [5.74, 6) is 0.664. The Labute approximate surface area is 327 Å². The zero-order chi connectivity index (χ0) is 37.0. The van der Waals surface area contributed by atoms with E-state index in [1.807, 2.05) is 60.0 Å². The van der Waals surface area contributed by atoms with Gasteiger partial charge in [0.05, 0.1) is 17.1 Å². The second-order valence-electron chi connectivity index (χ2n) is 14.0. The standard InChI is InChI=1S/C51H31N3OS/c1-2-11-33(12-3-1)44-31-45(37-14-10-13-36(29-37)43-17-8-9-28-52-43)54-51(53-44)34-22-20-32(21-23-34)39-27-26-38(49-42-16-4-6-18-46(42)55-50(39)49)35-24-25-41-40-15-5-7-19-47(40)56-48(41)30-35/h1-31H. The van der Waals surface area contributed by atoms with E-state index < -0.39 is 0 Å². The number of rotatable bonds is 6. The minimum absolute atomic E-state index is 0.664. The van der Waals surface area contributed by atoms with Crippen molar-refractivity contribution in [1.82, 2.24) is 15.0 Å². The zero-order valence-electron chi connectivity index (χ0n) is 30.1. The summed E-state index contributed by atoms with van der Waals surface area (Å²) in [5, 5.41) is 4.83. The summed E-state index contributed by atoms with van der Waals surface area (Å²) in [5.41, 5.74) is 12.9. The van der Waals surface area contributed by atoms with Gasteiger partial charge in [0, 0.05) is 65.0 Å². The molecule has 0 aliphatic heterocycles. The molecule has 0 saturated carbocycles. The molecule has 0 fully saturated rings. The van der Waals surface area contributed by atoms with E-state index in [-0.39, 0.29) is 0 Å². The molecule has 7 aromatic carbocycles. The van der Waals surface area contributed by atoms with E-state index in [2.05, 4.69) is 145 Å². The number of furan rings is 1. The van der Waals surface area contributed by atoms with Gasteiger partial charge in [-0.05, 0) is 65.2 Å². The van der Waals surface area contributed by atoms with Gasteiger partial charge in [0.2, 0.25) is 0 Å². The van der Waals surface area contributed by atoms with Crippen molar-refractivity contribution in [3.63, 3.8) is 0 Å². The first-order chi connectivity index (χ1) is 27.7. The van der Waals surface area contributed by atoms with Gasteiger partial charge in [-0.15, -0.1) is 11.3 Å². The van der Waals surface area contributed by atoms with E-state index in [1.165, 1.54) is 25.7 Å². The molecule has 11 aromatic rings. The number of para-hydroxylation sites is 1. The topological polar surface area (TPSA) is 51.8 Å². The molecule has 0 unspecified atom stereocenters. The first kappa shape index (κ1) is 32.2. The smallest absolute Gasteiger partial charge is 0.160 e. The molecule has 0 aliphatic carbocycles. The number of aromatic nitrogens is 3. The van der Waals surface area contributed by atoms with Crippen LogP contribution in [-0.2, 0) is 0 Å². The van der Waals surface area contributed by atoms with E-state index in [0.717, 1.165) is 78.0 Å². The van der Waals surface area contributed by atoms with Gasteiger partial charge < -0.3 is 4.42 Å². The molecule has 4 heterocycles. The van der Waals surface area contributed by atoms with Crippen molar-refractivity contribution in [2.24, 2.45) is 0 Å². The molecule has 0 N–H and O–H groups in total. The predicted molar refractivity (Wildman–Crippen MR) is 233 cm³/mol. The fourth-order valence-corrected chi connectivity index (χ4v) is 8.99. The van der Waals surface area contributed by atoms with Gasteiger partial charge >= 0.3 is 0 Å². The molecule has 0 spiro atoms. The van der Waals surface area contributed by atoms with Crippen LogP contribution in [0.25, 0.3) is 110 Å². The van der Waals surface area contributed by atoms with Gasteiger partial charge in [-0.25, -0.2) is 9.97 Å². The normalized spacial score (nSPS) is 11.6. The summed E-state index contributed by atoms with van der Waals surface area (Å²) in [6, 6.07) is 63.5. The van der Waals surface area contributed by atoms with E-state index in [1.54, 1.807) is 0 Å². The molecule has 0 radical (unpaired) electrons. The first-order valence-corrected chi connectivity index (χ1v) is 19.5. The average Bonchev–Trinajstić information content (AvgIpc) is 3.85. The van der Waals surface area contributed by atoms with Crippen LogP contribution in [0.4, 0.5) is 0 Å². The van der Waals surface area contributed by atoms with Crippen molar-refractivity contribution in [2.75, 3.05) is 0 Å². The lowest BCUT2D eigenvalue weighted by Crippen LogP contribution is -1.96. The van der Waals surface area contributed by atoms with Gasteiger partial charge in [-0.3, -0.25) is 4.98 Å². The Bertz CT molecular complexity index is 3240. The van der Waals surface area contributed by atoms with Crippen molar-refractivity contribution in [3.05, 3.63) is 188 Å². The molecule has 0 amide bonds. The molecule has 0 saturated heterocycles. The molecule has 56 heavy (non-hydrogen) atoms. The van der Waals surface area contributed by atoms with Crippen LogP contribution in [0.2, 0.25) is 0 Å². The van der Waals surface area contributed by atoms with Crippen LogP contribution in [-0.4, -0.2) is 15.0 Å². The molecule has 0 atom stereocenters. The highest BCUT2D eigenvalue weighted by Gasteiger charge is 2.19. The van der Waals surface area contributed by atoms with Crippen LogP contribution in [0, 0.1) is 0 Å². The Hall–Kier alpha value is -7.21. The third kappa shape index (κ3) is 5.56. The largest absolute Gasteiger partial charge is 0.455 e. The summed E-state index contributed by atoms with van der Waals surface area (Å²) in [4.78, 5) is 14.8. The highest BCUT2D eigenvalue weighted by molar-refractivity contribution is 7.25. The monoisotopic (exact) mass is 733 g/mol. The first-order valence-electron chi connectivity index (χ1n) is 18.7. The Balaban J connectivity index is 1.01. The van der Waals surface area contributed by atoms with Gasteiger partial charge in [-0.2, -0.15) is 0 Å². The van der Waals surface area contributed by atoms with Crippen molar-refractivity contribution in [2.45, 2.75) is 0 Å². The van der Waals surface area contributed by atoms with Crippen LogP contribution in [0.3, 0.4) is 0 Å². The number of hydrogen-bond acceptors (Lipinski definition) is 5. The highest BCUT2D eigenvalue weighted by Crippen LogP contribution is 2.44. The fourth-order valence-electron chi connectivity index (χ4n) is 7.84. The van der Waals surface area contributed by atoms with E-state index in [0.29, 0.717) is 5.82 Å². The van der Waals surface area contributed by atoms with Crippen molar-refractivity contribution < 1.29 is 4.42 Å². The number of benzene rings is 7. The zero-order valence-corrected chi connectivity index (χ0v) is 30.9. The van der Waals surface area contributed by atoms with Crippen molar-refractivity contribution in [1.29, 1.82) is 0 Å². The third-order valence-corrected chi connectivity index (χ3v) is 11.7. The highest BCUT2D eigenvalue weighted by atomic mass is 32.1. The molecule has 0 bridgehead atoms. The second-order valence-corrected chi connectivity index (χ2v) is 15.1. The van der Waals surface area contributed by atoms with Crippen LogP contribution in [0.15, 0.2) is 193 Å². The summed E-state index contributed by atoms with van der Waals surface area (Å²) >= 11 is 1.84. The lowest BCUT2D eigenvalue weighted by molar-refractivity contribution is 0.670. The Morgan fingerprint density at radius 3 is 1.89 bits per heavy atom. The van der Waals surface area contributed by atoms with Gasteiger partial charge in [0.15, 0.2) is 5.82 Å². The molecule has 11 rings (SSSR count). The molecule has 4 nitrogen and oxygen atoms in total. The Kier molecular flexibility index (Phi) is 7.64. The molecule has 262 valence electrons. The Morgan fingerprint density at radius 2 is 1.05 bits per heavy atom. The lowest BCUT2D eigenvalue weighted by atomic mass is 9.94. The van der Waals surface area contributed by atoms with Crippen molar-refractivity contribution in [3.8, 4) is 67.4 Å². The summed E-state index contributed by atoms with van der Waals surface area (Å²) in [7, 11) is 0. The van der Waals surface area contributed by atoms with Crippen LogP contribution >= 0.6 is 11.3 Å². The molecular weight excluding hydrogens is 703 g/mol. The minimum atomic E-state index is 0.664. The maximum absolute atomic E-state index is 6.70. The minimum Gasteiger partial charge on any atom is -0.455 e. The number of thiophene rings is 1. The Morgan fingerprint density at radius 1 is 0.393 bits per heavy atom. The molecule has 0 aliphatic rings. The van der Waals surface area contributed by atoms with Crippen LogP contribution in [0.5, 0.6) is 0 Å².